The van der Waals surface area contributed by atoms with E-state index in [1.165, 1.54) is 16.7 Å². The van der Waals surface area contributed by atoms with Gasteiger partial charge in [0.2, 0.25) is 0 Å². The summed E-state index contributed by atoms with van der Waals surface area (Å²) < 4.78 is 41.7. The van der Waals surface area contributed by atoms with Crippen LogP contribution in [0.4, 0.5) is 19.0 Å². The number of rotatable bonds is 2. The van der Waals surface area contributed by atoms with Crippen LogP contribution in [0.25, 0.3) is 10.9 Å². The van der Waals surface area contributed by atoms with Crippen molar-refractivity contribution in [2.45, 2.75) is 23.9 Å². The molecule has 23 heavy (non-hydrogen) atoms. The first-order chi connectivity index (χ1) is 10.8. The first kappa shape index (κ1) is 16.9. The SMILES string of the molecule is CSc1nc(N2CCCC(F)(F)C2)c2c(Cl)nc(Cl)c(F)c2n1. The lowest BCUT2D eigenvalue weighted by Crippen LogP contribution is -2.43. The highest BCUT2D eigenvalue weighted by Gasteiger charge is 2.37. The number of piperidine rings is 1. The van der Waals surface area contributed by atoms with Crippen LogP contribution < -0.4 is 4.90 Å². The Balaban J connectivity index is 2.25. The molecule has 0 bridgehead atoms. The van der Waals surface area contributed by atoms with E-state index in [0.717, 1.165) is 0 Å². The molecule has 1 fully saturated rings. The number of anilines is 1. The maximum absolute atomic E-state index is 14.3. The van der Waals surface area contributed by atoms with Crippen LogP contribution in [-0.4, -0.2) is 40.2 Å². The maximum atomic E-state index is 14.3. The largest absolute Gasteiger partial charge is 0.350 e. The van der Waals surface area contributed by atoms with Gasteiger partial charge in [-0.05, 0) is 12.7 Å². The van der Waals surface area contributed by atoms with E-state index in [-0.39, 0.29) is 33.5 Å². The molecule has 2 aromatic rings. The Labute approximate surface area is 144 Å². The molecule has 4 nitrogen and oxygen atoms in total. The molecule has 0 unspecified atom stereocenters. The van der Waals surface area contributed by atoms with Gasteiger partial charge in [0.25, 0.3) is 5.92 Å². The molecular formula is C13H11Cl2F3N4S. The zero-order valence-corrected chi connectivity index (χ0v) is 14.2. The first-order valence-electron chi connectivity index (χ1n) is 6.71. The van der Waals surface area contributed by atoms with Crippen LogP contribution in [0.15, 0.2) is 5.16 Å². The predicted octanol–water partition coefficient (Wildman–Crippen LogP) is 4.43. The topological polar surface area (TPSA) is 41.9 Å². The number of fused-ring (bicyclic) bond motifs is 1. The maximum Gasteiger partial charge on any atom is 0.265 e. The molecule has 124 valence electrons. The zero-order valence-electron chi connectivity index (χ0n) is 11.9. The van der Waals surface area contributed by atoms with Gasteiger partial charge in [-0.15, -0.1) is 0 Å². The van der Waals surface area contributed by atoms with Crippen molar-refractivity contribution in [2.24, 2.45) is 0 Å². The molecule has 0 atom stereocenters. The van der Waals surface area contributed by atoms with Crippen LogP contribution in [0.3, 0.4) is 0 Å². The van der Waals surface area contributed by atoms with Crippen molar-refractivity contribution in [2.75, 3.05) is 24.2 Å². The molecule has 1 saturated heterocycles. The normalized spacial score (nSPS) is 17.7. The van der Waals surface area contributed by atoms with E-state index in [4.69, 9.17) is 23.2 Å². The summed E-state index contributed by atoms with van der Waals surface area (Å²) in [5.41, 5.74) is -0.113. The number of aromatic nitrogens is 3. The van der Waals surface area contributed by atoms with Crippen LogP contribution in [-0.2, 0) is 0 Å². The average molecular weight is 383 g/mol. The van der Waals surface area contributed by atoms with Crippen molar-refractivity contribution in [3.05, 3.63) is 16.1 Å². The molecule has 3 rings (SSSR count). The number of thioether (sulfide) groups is 1. The van der Waals surface area contributed by atoms with E-state index in [0.29, 0.717) is 13.0 Å². The molecule has 0 aromatic carbocycles. The molecule has 1 aliphatic heterocycles. The summed E-state index contributed by atoms with van der Waals surface area (Å²) in [5, 5.41) is -0.172. The number of nitrogens with zero attached hydrogens (tertiary/aromatic N) is 4. The molecule has 2 aromatic heterocycles. The minimum absolute atomic E-state index is 0.101. The van der Waals surface area contributed by atoms with Crippen LogP contribution in [0.5, 0.6) is 0 Å². The zero-order chi connectivity index (χ0) is 16.8. The molecule has 1 aliphatic rings. The predicted molar refractivity (Wildman–Crippen MR) is 85.5 cm³/mol. The minimum atomic E-state index is -2.83. The van der Waals surface area contributed by atoms with Crippen molar-refractivity contribution in [1.82, 2.24) is 15.0 Å². The Bertz CT molecular complexity index is 775. The summed E-state index contributed by atoms with van der Waals surface area (Å²) in [4.78, 5) is 13.4. The highest BCUT2D eigenvalue weighted by atomic mass is 35.5. The molecule has 0 saturated carbocycles. The fraction of sp³-hybridized carbons (Fsp3) is 0.462. The third-order valence-corrected chi connectivity index (χ3v) is 4.61. The van der Waals surface area contributed by atoms with E-state index in [2.05, 4.69) is 15.0 Å². The first-order valence-corrected chi connectivity index (χ1v) is 8.69. The van der Waals surface area contributed by atoms with Gasteiger partial charge in [0.15, 0.2) is 16.1 Å². The van der Waals surface area contributed by atoms with Crippen molar-refractivity contribution < 1.29 is 13.2 Å². The summed E-state index contributed by atoms with van der Waals surface area (Å²) in [6.45, 7) is -0.135. The molecule has 0 N–H and O–H groups in total. The Morgan fingerprint density at radius 1 is 1.17 bits per heavy atom. The van der Waals surface area contributed by atoms with E-state index >= 15 is 0 Å². The lowest BCUT2D eigenvalue weighted by Gasteiger charge is -2.34. The van der Waals surface area contributed by atoms with Gasteiger partial charge in [0, 0.05) is 13.0 Å². The van der Waals surface area contributed by atoms with Crippen molar-refractivity contribution in [3.8, 4) is 0 Å². The molecule has 0 radical (unpaired) electrons. The molecule has 0 amide bonds. The van der Waals surface area contributed by atoms with Crippen LogP contribution >= 0.6 is 35.0 Å². The second-order valence-corrected chi connectivity index (χ2v) is 6.64. The van der Waals surface area contributed by atoms with Gasteiger partial charge < -0.3 is 4.90 Å². The number of hydrogen-bond donors (Lipinski definition) is 0. The second-order valence-electron chi connectivity index (χ2n) is 5.15. The van der Waals surface area contributed by atoms with Crippen LogP contribution in [0.2, 0.25) is 10.3 Å². The van der Waals surface area contributed by atoms with Crippen molar-refractivity contribution >= 4 is 51.7 Å². The van der Waals surface area contributed by atoms with Gasteiger partial charge in [0.05, 0.1) is 11.9 Å². The average Bonchev–Trinajstić information content (AvgIpc) is 2.50. The fourth-order valence-corrected chi connectivity index (χ4v) is 3.37. The molecule has 0 aliphatic carbocycles. The van der Waals surface area contributed by atoms with Crippen LogP contribution in [0.1, 0.15) is 12.8 Å². The van der Waals surface area contributed by atoms with E-state index < -0.39 is 23.4 Å². The van der Waals surface area contributed by atoms with Gasteiger partial charge in [-0.1, -0.05) is 35.0 Å². The summed E-state index contributed by atoms with van der Waals surface area (Å²) in [6.07, 6.45) is 1.82. The third kappa shape index (κ3) is 3.16. The van der Waals surface area contributed by atoms with Crippen molar-refractivity contribution in [3.63, 3.8) is 0 Å². The monoisotopic (exact) mass is 382 g/mol. The number of alkyl halides is 2. The van der Waals surface area contributed by atoms with Gasteiger partial charge >= 0.3 is 0 Å². The Morgan fingerprint density at radius 2 is 1.91 bits per heavy atom. The van der Waals surface area contributed by atoms with Gasteiger partial charge in [-0.3, -0.25) is 0 Å². The fourth-order valence-electron chi connectivity index (χ4n) is 2.53. The van der Waals surface area contributed by atoms with Gasteiger partial charge in [0.1, 0.15) is 16.5 Å². The molecule has 0 spiro atoms. The third-order valence-electron chi connectivity index (χ3n) is 3.54. The smallest absolute Gasteiger partial charge is 0.265 e. The summed E-state index contributed by atoms with van der Waals surface area (Å²) in [6, 6.07) is 0. The minimum Gasteiger partial charge on any atom is -0.350 e. The summed E-state index contributed by atoms with van der Waals surface area (Å²) in [7, 11) is 0. The highest BCUT2D eigenvalue weighted by Crippen LogP contribution is 2.37. The lowest BCUT2D eigenvalue weighted by molar-refractivity contribution is -0.0118. The summed E-state index contributed by atoms with van der Waals surface area (Å²) in [5.74, 6) is -3.51. The Hall–Kier alpha value is -0.990. The standard InChI is InChI=1S/C13H11Cl2F3N4S/c1-23-12-19-8-6(9(14)20-10(15)7(8)16)11(21-12)22-4-2-3-13(17,18)5-22/h2-5H2,1H3. The Kier molecular flexibility index (Phi) is 4.50. The molecule has 3 heterocycles. The Morgan fingerprint density at radius 3 is 2.57 bits per heavy atom. The van der Waals surface area contributed by atoms with Crippen molar-refractivity contribution in [1.29, 1.82) is 0 Å². The number of pyridine rings is 1. The van der Waals surface area contributed by atoms with E-state index in [1.807, 2.05) is 0 Å². The lowest BCUT2D eigenvalue weighted by atomic mass is 10.1. The highest BCUT2D eigenvalue weighted by molar-refractivity contribution is 7.98. The number of hydrogen-bond acceptors (Lipinski definition) is 5. The quantitative estimate of drug-likeness (QED) is 0.436. The van der Waals surface area contributed by atoms with Gasteiger partial charge in [-0.25, -0.2) is 28.1 Å². The van der Waals surface area contributed by atoms with Gasteiger partial charge in [-0.2, -0.15) is 0 Å². The molecule has 10 heteroatoms. The van der Waals surface area contributed by atoms with Crippen LogP contribution in [0, 0.1) is 5.82 Å². The molecular weight excluding hydrogens is 372 g/mol. The van der Waals surface area contributed by atoms with E-state index in [9.17, 15) is 13.2 Å². The summed E-state index contributed by atoms with van der Waals surface area (Å²) >= 11 is 12.9. The number of halogens is 5. The second kappa shape index (κ2) is 6.14. The van der Waals surface area contributed by atoms with E-state index in [1.54, 1.807) is 6.26 Å².